The Morgan fingerprint density at radius 1 is 1.53 bits per heavy atom. The highest BCUT2D eigenvalue weighted by atomic mass is 16.5. The Kier molecular flexibility index (Phi) is 3.10. The van der Waals surface area contributed by atoms with Crippen molar-refractivity contribution in [2.24, 2.45) is 5.41 Å². The van der Waals surface area contributed by atoms with Crippen LogP contribution < -0.4 is 0 Å². The Morgan fingerprint density at radius 3 is 2.89 bits per heavy atom. The molecule has 3 heterocycles. The fourth-order valence-corrected chi connectivity index (χ4v) is 3.57. The number of ether oxygens (including phenoxy) is 1. The fraction of sp³-hybridized carbons (Fsp3) is 0.733. The van der Waals surface area contributed by atoms with E-state index >= 15 is 0 Å². The molecule has 3 rings (SSSR count). The van der Waals surface area contributed by atoms with E-state index in [2.05, 4.69) is 31.1 Å². The molecule has 3 unspecified atom stereocenters. The highest BCUT2D eigenvalue weighted by Crippen LogP contribution is 2.49. The van der Waals surface area contributed by atoms with E-state index in [1.165, 1.54) is 5.69 Å². The average molecular weight is 259 g/mol. The monoisotopic (exact) mass is 259 g/mol. The van der Waals surface area contributed by atoms with Crippen molar-refractivity contribution in [1.82, 2.24) is 9.78 Å². The van der Waals surface area contributed by atoms with Crippen molar-refractivity contribution in [2.45, 2.75) is 64.7 Å². The number of aryl methyl sites for hydroxylation is 2. The van der Waals surface area contributed by atoms with E-state index in [0.717, 1.165) is 44.3 Å². The zero-order chi connectivity index (χ0) is 13.5. The summed E-state index contributed by atoms with van der Waals surface area (Å²) in [5.41, 5.74) is 1.99. The van der Waals surface area contributed by atoms with Crippen LogP contribution in [0.4, 0.5) is 0 Å². The molecule has 4 heteroatoms. The molecule has 2 fully saturated rings. The van der Waals surface area contributed by atoms with Crippen LogP contribution in [-0.4, -0.2) is 22.0 Å². The van der Waals surface area contributed by atoms with Gasteiger partial charge in [-0.05, 0) is 38.7 Å². The molecule has 1 aromatic heterocycles. The van der Waals surface area contributed by atoms with E-state index in [0.29, 0.717) is 6.10 Å². The first kappa shape index (κ1) is 12.7. The summed E-state index contributed by atoms with van der Waals surface area (Å²) in [7, 11) is 0. The van der Waals surface area contributed by atoms with Crippen LogP contribution in [0.25, 0.3) is 0 Å². The van der Waals surface area contributed by atoms with Gasteiger partial charge in [0.15, 0.2) is 0 Å². The van der Waals surface area contributed by atoms with E-state index in [9.17, 15) is 5.26 Å². The van der Waals surface area contributed by atoms with Gasteiger partial charge in [0.2, 0.25) is 0 Å². The predicted molar refractivity (Wildman–Crippen MR) is 71.5 cm³/mol. The van der Waals surface area contributed by atoms with Crippen LogP contribution in [0.1, 0.15) is 44.5 Å². The molecule has 0 spiro atoms. The van der Waals surface area contributed by atoms with Gasteiger partial charge in [0.25, 0.3) is 0 Å². The third kappa shape index (κ3) is 1.97. The largest absolute Gasteiger partial charge is 0.373 e. The van der Waals surface area contributed by atoms with Crippen LogP contribution in [-0.2, 0) is 24.1 Å². The van der Waals surface area contributed by atoms with Gasteiger partial charge in [-0.2, -0.15) is 10.4 Å². The van der Waals surface area contributed by atoms with Crippen molar-refractivity contribution in [3.8, 4) is 6.07 Å². The van der Waals surface area contributed by atoms with Crippen LogP contribution >= 0.6 is 0 Å². The molecule has 2 aliphatic heterocycles. The standard InChI is InChI=1S/C15H21N3O/c1-3-11-7-12(18(4-2)17-11)8-15(10-16)9-13-5-6-14(15)19-13/h7,13-14H,3-6,8-9H2,1-2H3. The molecular formula is C15H21N3O. The first-order valence-electron chi connectivity index (χ1n) is 7.33. The molecule has 0 aliphatic carbocycles. The van der Waals surface area contributed by atoms with Crippen molar-refractivity contribution in [3.63, 3.8) is 0 Å². The Bertz CT molecular complexity index is 516. The second kappa shape index (κ2) is 4.64. The molecule has 2 aliphatic rings. The zero-order valence-electron chi connectivity index (χ0n) is 11.7. The van der Waals surface area contributed by atoms with E-state index in [1.54, 1.807) is 0 Å². The molecule has 1 aromatic rings. The quantitative estimate of drug-likeness (QED) is 0.834. The van der Waals surface area contributed by atoms with Gasteiger partial charge in [0, 0.05) is 18.7 Å². The van der Waals surface area contributed by atoms with Crippen molar-refractivity contribution in [3.05, 3.63) is 17.5 Å². The van der Waals surface area contributed by atoms with Crippen LogP contribution in [0.2, 0.25) is 0 Å². The SMILES string of the molecule is CCc1cc(CC2(C#N)CC3CCC2O3)n(CC)n1. The minimum absolute atomic E-state index is 0.132. The number of nitrogens with zero attached hydrogens (tertiary/aromatic N) is 3. The number of rotatable bonds is 4. The van der Waals surface area contributed by atoms with Gasteiger partial charge >= 0.3 is 0 Å². The smallest absolute Gasteiger partial charge is 0.0914 e. The number of fused-ring (bicyclic) bond motifs is 2. The number of nitriles is 1. The Labute approximate surface area is 114 Å². The van der Waals surface area contributed by atoms with E-state index in [1.807, 2.05) is 4.68 Å². The zero-order valence-corrected chi connectivity index (χ0v) is 11.7. The summed E-state index contributed by atoms with van der Waals surface area (Å²) in [5, 5.41) is 14.3. The molecule has 0 N–H and O–H groups in total. The highest BCUT2D eigenvalue weighted by molar-refractivity contribution is 5.20. The van der Waals surface area contributed by atoms with Gasteiger partial charge in [-0.3, -0.25) is 4.68 Å². The number of hydrogen-bond acceptors (Lipinski definition) is 3. The summed E-state index contributed by atoms with van der Waals surface area (Å²) >= 11 is 0. The van der Waals surface area contributed by atoms with Gasteiger partial charge in [0.05, 0.1) is 29.4 Å². The molecule has 0 saturated carbocycles. The maximum absolute atomic E-state index is 9.67. The van der Waals surface area contributed by atoms with Crippen molar-refractivity contribution >= 4 is 0 Å². The second-order valence-electron chi connectivity index (χ2n) is 5.77. The summed E-state index contributed by atoms with van der Waals surface area (Å²) in [4.78, 5) is 0. The van der Waals surface area contributed by atoms with Crippen molar-refractivity contribution in [1.29, 1.82) is 5.26 Å². The van der Waals surface area contributed by atoms with E-state index in [4.69, 9.17) is 4.74 Å². The van der Waals surface area contributed by atoms with Crippen LogP contribution in [0.15, 0.2) is 6.07 Å². The molecule has 0 radical (unpaired) electrons. The molecular weight excluding hydrogens is 238 g/mol. The summed E-state index contributed by atoms with van der Waals surface area (Å²) in [6.07, 6.45) is 5.24. The molecule has 0 amide bonds. The minimum atomic E-state index is -0.319. The Balaban J connectivity index is 1.88. The lowest BCUT2D eigenvalue weighted by molar-refractivity contribution is 0.0782. The van der Waals surface area contributed by atoms with Gasteiger partial charge in [-0.1, -0.05) is 6.92 Å². The topological polar surface area (TPSA) is 50.8 Å². The summed E-state index contributed by atoms with van der Waals surface area (Å²) in [6.45, 7) is 5.09. The van der Waals surface area contributed by atoms with Crippen LogP contribution in [0.5, 0.6) is 0 Å². The Hall–Kier alpha value is -1.34. The molecule has 4 nitrogen and oxygen atoms in total. The summed E-state index contributed by atoms with van der Waals surface area (Å²) < 4.78 is 7.95. The highest BCUT2D eigenvalue weighted by Gasteiger charge is 2.53. The minimum Gasteiger partial charge on any atom is -0.373 e. The number of aromatic nitrogens is 2. The van der Waals surface area contributed by atoms with Gasteiger partial charge in [-0.25, -0.2) is 0 Å². The molecule has 19 heavy (non-hydrogen) atoms. The lowest BCUT2D eigenvalue weighted by Gasteiger charge is -2.28. The van der Waals surface area contributed by atoms with Crippen LogP contribution in [0.3, 0.4) is 0 Å². The fourth-order valence-electron chi connectivity index (χ4n) is 3.57. The maximum atomic E-state index is 9.67. The number of hydrogen-bond donors (Lipinski definition) is 0. The Morgan fingerprint density at radius 2 is 2.37 bits per heavy atom. The molecule has 102 valence electrons. The average Bonchev–Trinajstić information content (AvgIpc) is 3.12. The normalized spacial score (nSPS) is 32.7. The van der Waals surface area contributed by atoms with Gasteiger partial charge in [-0.15, -0.1) is 0 Å². The third-order valence-electron chi connectivity index (χ3n) is 4.61. The summed E-state index contributed by atoms with van der Waals surface area (Å²) in [5.74, 6) is 0. The molecule has 3 atom stereocenters. The first-order chi connectivity index (χ1) is 9.20. The molecule has 2 saturated heterocycles. The maximum Gasteiger partial charge on any atom is 0.0914 e. The molecule has 0 aromatic carbocycles. The van der Waals surface area contributed by atoms with Crippen molar-refractivity contribution < 1.29 is 4.74 Å². The van der Waals surface area contributed by atoms with E-state index in [-0.39, 0.29) is 11.5 Å². The lowest BCUT2D eigenvalue weighted by Crippen LogP contribution is -2.34. The van der Waals surface area contributed by atoms with Gasteiger partial charge < -0.3 is 4.74 Å². The van der Waals surface area contributed by atoms with Gasteiger partial charge in [0.1, 0.15) is 0 Å². The predicted octanol–water partition coefficient (Wildman–Crippen LogP) is 2.47. The first-order valence-corrected chi connectivity index (χ1v) is 7.33. The lowest BCUT2D eigenvalue weighted by atomic mass is 9.72. The van der Waals surface area contributed by atoms with Crippen LogP contribution in [0, 0.1) is 16.7 Å². The molecule has 2 bridgehead atoms. The second-order valence-corrected chi connectivity index (χ2v) is 5.77. The van der Waals surface area contributed by atoms with Crippen molar-refractivity contribution in [2.75, 3.05) is 0 Å². The summed E-state index contributed by atoms with van der Waals surface area (Å²) in [6, 6.07) is 4.73. The van der Waals surface area contributed by atoms with E-state index < -0.39 is 0 Å². The third-order valence-corrected chi connectivity index (χ3v) is 4.61.